The molecule has 0 bridgehead atoms. The van der Waals surface area contributed by atoms with E-state index in [1.165, 1.54) is 0 Å². The van der Waals surface area contributed by atoms with Gasteiger partial charge in [0.15, 0.2) is 0 Å². The van der Waals surface area contributed by atoms with Crippen LogP contribution in [0.15, 0.2) is 0 Å². The summed E-state index contributed by atoms with van der Waals surface area (Å²) in [6, 6.07) is 0. The van der Waals surface area contributed by atoms with Crippen molar-refractivity contribution in [3.63, 3.8) is 0 Å². The van der Waals surface area contributed by atoms with Gasteiger partial charge in [0.1, 0.15) is 0 Å². The van der Waals surface area contributed by atoms with E-state index in [1.54, 1.807) is 0 Å². The van der Waals surface area contributed by atoms with Crippen LogP contribution in [0.25, 0.3) is 0 Å². The van der Waals surface area contributed by atoms with E-state index >= 15 is 0 Å². The van der Waals surface area contributed by atoms with Crippen LogP contribution in [0.3, 0.4) is 0 Å². The molecule has 0 rings (SSSR count). The molecule has 0 amide bonds. The van der Waals surface area contributed by atoms with Crippen LogP contribution >= 0.6 is 0 Å². The molecule has 0 radical (unpaired) electrons. The summed E-state index contributed by atoms with van der Waals surface area (Å²) < 4.78 is 0. The first-order valence-electron chi connectivity index (χ1n) is 0. The summed E-state index contributed by atoms with van der Waals surface area (Å²) in [4.78, 5) is 0. The van der Waals surface area contributed by atoms with E-state index in [0.29, 0.717) is 0 Å². The Balaban J connectivity index is 0. The van der Waals surface area contributed by atoms with Crippen LogP contribution in [0.4, 0.5) is 0 Å². The molecule has 0 aromatic rings. The average molecular weight is 151 g/mol. The Morgan fingerprint density at radius 3 is 0.600 bits per heavy atom. The molecule has 0 unspecified atom stereocenters. The van der Waals surface area contributed by atoms with Crippen LogP contribution in [-0.4, -0.2) is 22.8 Å². The van der Waals surface area contributed by atoms with Crippen LogP contribution in [0.1, 0.15) is 0 Å². The van der Waals surface area contributed by atoms with Crippen molar-refractivity contribution in [3.05, 3.63) is 0 Å². The van der Waals surface area contributed by atoms with Gasteiger partial charge in [-0.05, 0) is 0 Å². The van der Waals surface area contributed by atoms with Gasteiger partial charge in [0, 0.05) is 0 Å². The van der Waals surface area contributed by atoms with Gasteiger partial charge < -0.3 is 42.7 Å². The normalized spacial score (nSPS) is 0. The summed E-state index contributed by atoms with van der Waals surface area (Å²) in [6.45, 7) is 0. The van der Waals surface area contributed by atoms with Crippen LogP contribution in [0, 0.1) is 0 Å². The molecule has 0 fully saturated rings. The zero-order chi connectivity index (χ0) is 0. The van der Waals surface area contributed by atoms with Crippen molar-refractivity contribution < 1.29 is 42.7 Å². The molecule has 0 saturated heterocycles. The predicted octanol–water partition coefficient (Wildman–Crippen LogP) is -10.2. The molecule has 1 nitrogen and oxygen atoms in total. The van der Waals surface area contributed by atoms with Gasteiger partial charge >= 0.3 is 17.4 Å². The van der Waals surface area contributed by atoms with E-state index < -0.39 is 0 Å². The molecule has 0 saturated carbocycles. The van der Waals surface area contributed by atoms with E-state index in [0.717, 1.165) is 0 Å². The standard InChI is InChI=1S/Al.3ClH.H2O/h;3*1H;1H2/q+3;;;;/p-3. The number of halogens is 3. The zero-order valence-electron chi connectivity index (χ0n) is 2.21. The molecule has 0 spiro atoms. The number of hydrogen-bond acceptors (Lipinski definition) is 0. The SMILES string of the molecule is O.[Al+3].[Cl-].[Cl-].[Cl-]. The third kappa shape index (κ3) is 32.7. The first-order valence-corrected chi connectivity index (χ1v) is 0. The fourth-order valence-electron chi connectivity index (χ4n) is 0. The number of hydrogen-bond donors (Lipinski definition) is 0. The first-order chi connectivity index (χ1) is 0. The maximum absolute atomic E-state index is 0. The molecule has 0 heterocycles. The summed E-state index contributed by atoms with van der Waals surface area (Å²) in [7, 11) is 0. The fraction of sp³-hybridized carbons (Fsp3) is 0. The first kappa shape index (κ1) is 98.6. The van der Waals surface area contributed by atoms with Crippen molar-refractivity contribution in [2.24, 2.45) is 0 Å². The zero-order valence-corrected chi connectivity index (χ0v) is 5.63. The maximum atomic E-state index is 0. The van der Waals surface area contributed by atoms with Crippen molar-refractivity contribution >= 4 is 17.4 Å². The molecule has 0 aromatic heterocycles. The van der Waals surface area contributed by atoms with E-state index in [1.807, 2.05) is 0 Å². The second-order valence-electron chi connectivity index (χ2n) is 0. The Bertz CT molecular complexity index is 6.85. The van der Waals surface area contributed by atoms with Crippen LogP contribution in [0.5, 0.6) is 0 Å². The average Bonchev–Trinajstić information content (AvgIpc) is 0. The molecule has 0 aliphatic heterocycles. The maximum Gasteiger partial charge on any atom is 3.00 e. The smallest absolute Gasteiger partial charge is 1.00 e. The minimum Gasteiger partial charge on any atom is -1.00 e. The molecule has 5 heteroatoms. The second kappa shape index (κ2) is 55.0. The molecular weight excluding hydrogens is 149 g/mol. The third-order valence-corrected chi connectivity index (χ3v) is 0. The summed E-state index contributed by atoms with van der Waals surface area (Å²) >= 11 is 0. The fourth-order valence-corrected chi connectivity index (χ4v) is 0. The van der Waals surface area contributed by atoms with Crippen molar-refractivity contribution in [1.29, 1.82) is 0 Å². The van der Waals surface area contributed by atoms with Gasteiger partial charge in [-0.1, -0.05) is 0 Å². The van der Waals surface area contributed by atoms with Gasteiger partial charge in [0.25, 0.3) is 0 Å². The summed E-state index contributed by atoms with van der Waals surface area (Å²) in [5.41, 5.74) is 0. The Labute approximate surface area is 60.2 Å². The molecule has 2 N–H and O–H groups in total. The Hall–Kier alpha value is 1.36. The van der Waals surface area contributed by atoms with Crippen LogP contribution < -0.4 is 37.2 Å². The molecule has 0 aliphatic carbocycles. The molecule has 32 valence electrons. The summed E-state index contributed by atoms with van der Waals surface area (Å²) in [5.74, 6) is 0. The quantitative estimate of drug-likeness (QED) is 0.308. The predicted molar refractivity (Wildman–Crippen MR) is 9.37 cm³/mol. The third-order valence-electron chi connectivity index (χ3n) is 0. The van der Waals surface area contributed by atoms with Gasteiger partial charge in [-0.25, -0.2) is 0 Å². The minimum absolute atomic E-state index is 0. The molecule has 0 aliphatic rings. The van der Waals surface area contributed by atoms with Crippen molar-refractivity contribution in [2.75, 3.05) is 0 Å². The summed E-state index contributed by atoms with van der Waals surface area (Å²) in [5, 5.41) is 0. The molecule has 0 atom stereocenters. The van der Waals surface area contributed by atoms with Gasteiger partial charge in [0.2, 0.25) is 0 Å². The molecule has 0 aromatic carbocycles. The van der Waals surface area contributed by atoms with E-state index in [2.05, 4.69) is 0 Å². The topological polar surface area (TPSA) is 31.5 Å². The van der Waals surface area contributed by atoms with Crippen LogP contribution in [0.2, 0.25) is 0 Å². The molecule has 5 heavy (non-hydrogen) atoms. The number of rotatable bonds is 0. The van der Waals surface area contributed by atoms with E-state index in [4.69, 9.17) is 0 Å². The Kier molecular flexibility index (Phi) is 1080. The van der Waals surface area contributed by atoms with Crippen LogP contribution in [-0.2, 0) is 0 Å². The van der Waals surface area contributed by atoms with E-state index in [-0.39, 0.29) is 60.1 Å². The van der Waals surface area contributed by atoms with Gasteiger partial charge in [-0.3, -0.25) is 0 Å². The van der Waals surface area contributed by atoms with E-state index in [9.17, 15) is 0 Å². The van der Waals surface area contributed by atoms with Crippen molar-refractivity contribution in [2.45, 2.75) is 0 Å². The van der Waals surface area contributed by atoms with Crippen molar-refractivity contribution in [1.82, 2.24) is 0 Å². The Morgan fingerprint density at radius 1 is 0.600 bits per heavy atom. The van der Waals surface area contributed by atoms with Gasteiger partial charge in [-0.15, -0.1) is 0 Å². The summed E-state index contributed by atoms with van der Waals surface area (Å²) in [6.07, 6.45) is 0. The van der Waals surface area contributed by atoms with Gasteiger partial charge in [0.05, 0.1) is 0 Å². The molecular formula is H2AlCl3O. The minimum atomic E-state index is 0. The van der Waals surface area contributed by atoms with Crippen molar-refractivity contribution in [3.8, 4) is 0 Å². The monoisotopic (exact) mass is 150 g/mol. The second-order valence-corrected chi connectivity index (χ2v) is 0. The largest absolute Gasteiger partial charge is 3.00 e. The Morgan fingerprint density at radius 2 is 0.600 bits per heavy atom. The van der Waals surface area contributed by atoms with Gasteiger partial charge in [-0.2, -0.15) is 0 Å².